The Hall–Kier alpha value is -1.22. The van der Waals surface area contributed by atoms with Gasteiger partial charge in [0.15, 0.2) is 6.10 Å². The van der Waals surface area contributed by atoms with Crippen LogP contribution in [0.4, 0.5) is 0 Å². The number of unbranched alkanes of at least 4 members (excludes halogenated alkanes) is 1. The molecule has 0 radical (unpaired) electrons. The highest BCUT2D eigenvalue weighted by atomic mass is 35.5. The standard InChI is InChI=1S/C18H28ClNO2/c1-5-7-8-15(6-2)12-20-18(21)14(4)22-17-10-9-16(19)11-13(17)3/h9-11,14-15H,5-8,12H2,1-4H3,(H,20,21)/t14-,15-/m0/s1. The summed E-state index contributed by atoms with van der Waals surface area (Å²) >= 11 is 5.92. The number of nitrogens with one attached hydrogen (secondary N) is 1. The van der Waals surface area contributed by atoms with Crippen molar-refractivity contribution in [2.24, 2.45) is 5.92 Å². The molecule has 1 aromatic carbocycles. The first kappa shape index (κ1) is 18.8. The van der Waals surface area contributed by atoms with Gasteiger partial charge in [0.1, 0.15) is 5.75 Å². The maximum Gasteiger partial charge on any atom is 0.260 e. The molecule has 4 heteroatoms. The van der Waals surface area contributed by atoms with Crippen LogP contribution in [0.1, 0.15) is 52.0 Å². The van der Waals surface area contributed by atoms with E-state index in [2.05, 4.69) is 19.2 Å². The van der Waals surface area contributed by atoms with Gasteiger partial charge in [0.25, 0.3) is 5.91 Å². The number of carbonyl (C=O) groups is 1. The van der Waals surface area contributed by atoms with Gasteiger partial charge < -0.3 is 10.1 Å². The average molecular weight is 326 g/mol. The lowest BCUT2D eigenvalue weighted by Gasteiger charge is -2.19. The molecule has 2 atom stereocenters. The minimum Gasteiger partial charge on any atom is -0.481 e. The molecule has 0 spiro atoms. The summed E-state index contributed by atoms with van der Waals surface area (Å²) < 4.78 is 5.74. The highest BCUT2D eigenvalue weighted by Crippen LogP contribution is 2.22. The summed E-state index contributed by atoms with van der Waals surface area (Å²) in [5, 5.41) is 3.67. The van der Waals surface area contributed by atoms with Crippen LogP contribution in [0.15, 0.2) is 18.2 Å². The Balaban J connectivity index is 2.47. The van der Waals surface area contributed by atoms with Gasteiger partial charge >= 0.3 is 0 Å². The Morgan fingerprint density at radius 3 is 2.68 bits per heavy atom. The number of halogens is 1. The van der Waals surface area contributed by atoms with Crippen molar-refractivity contribution < 1.29 is 9.53 Å². The molecule has 0 heterocycles. The molecule has 0 bridgehead atoms. The van der Waals surface area contributed by atoms with Gasteiger partial charge in [-0.15, -0.1) is 0 Å². The van der Waals surface area contributed by atoms with Crippen molar-refractivity contribution in [1.29, 1.82) is 0 Å². The molecule has 0 aliphatic rings. The van der Waals surface area contributed by atoms with Crippen molar-refractivity contribution in [3.05, 3.63) is 28.8 Å². The van der Waals surface area contributed by atoms with Crippen LogP contribution in [0.5, 0.6) is 5.75 Å². The molecule has 1 aromatic rings. The van der Waals surface area contributed by atoms with Gasteiger partial charge in [-0.3, -0.25) is 4.79 Å². The van der Waals surface area contributed by atoms with Crippen LogP contribution >= 0.6 is 11.6 Å². The van der Waals surface area contributed by atoms with E-state index in [1.807, 2.05) is 13.0 Å². The number of hydrogen-bond donors (Lipinski definition) is 1. The van der Waals surface area contributed by atoms with E-state index in [0.717, 1.165) is 18.5 Å². The van der Waals surface area contributed by atoms with Crippen LogP contribution < -0.4 is 10.1 Å². The number of amides is 1. The molecule has 0 aliphatic carbocycles. The molecule has 0 aliphatic heterocycles. The van der Waals surface area contributed by atoms with Gasteiger partial charge in [-0.1, -0.05) is 44.7 Å². The Morgan fingerprint density at radius 2 is 2.09 bits per heavy atom. The number of hydrogen-bond acceptors (Lipinski definition) is 2. The highest BCUT2D eigenvalue weighted by Gasteiger charge is 2.17. The third-order valence-electron chi connectivity index (χ3n) is 3.92. The molecule has 3 nitrogen and oxygen atoms in total. The minimum atomic E-state index is -0.511. The summed E-state index contributed by atoms with van der Waals surface area (Å²) in [6, 6.07) is 5.41. The van der Waals surface area contributed by atoms with Gasteiger partial charge in [-0.25, -0.2) is 0 Å². The summed E-state index contributed by atoms with van der Waals surface area (Å²) in [5.41, 5.74) is 0.932. The van der Waals surface area contributed by atoms with Gasteiger partial charge in [-0.2, -0.15) is 0 Å². The molecular weight excluding hydrogens is 298 g/mol. The first-order valence-corrected chi connectivity index (χ1v) is 8.56. The topological polar surface area (TPSA) is 38.3 Å². The van der Waals surface area contributed by atoms with E-state index in [1.54, 1.807) is 19.1 Å². The van der Waals surface area contributed by atoms with Crippen LogP contribution in [0.2, 0.25) is 5.02 Å². The third-order valence-corrected chi connectivity index (χ3v) is 4.15. The van der Waals surface area contributed by atoms with E-state index in [4.69, 9.17) is 16.3 Å². The Bertz CT molecular complexity index is 476. The SMILES string of the molecule is CCCC[C@H](CC)CNC(=O)[C@H](C)Oc1ccc(Cl)cc1C. The molecular formula is C18H28ClNO2. The number of benzene rings is 1. The zero-order valence-electron chi connectivity index (χ0n) is 14.1. The van der Waals surface area contributed by atoms with E-state index in [9.17, 15) is 4.79 Å². The number of ether oxygens (including phenoxy) is 1. The molecule has 0 saturated carbocycles. The fourth-order valence-electron chi connectivity index (χ4n) is 2.32. The summed E-state index contributed by atoms with van der Waals surface area (Å²) in [7, 11) is 0. The maximum absolute atomic E-state index is 12.2. The van der Waals surface area contributed by atoms with Crippen LogP contribution in [0.25, 0.3) is 0 Å². The van der Waals surface area contributed by atoms with Crippen LogP contribution in [-0.4, -0.2) is 18.6 Å². The highest BCUT2D eigenvalue weighted by molar-refractivity contribution is 6.30. The lowest BCUT2D eigenvalue weighted by atomic mass is 9.99. The largest absolute Gasteiger partial charge is 0.481 e. The molecule has 0 aromatic heterocycles. The third kappa shape index (κ3) is 6.27. The monoisotopic (exact) mass is 325 g/mol. The summed E-state index contributed by atoms with van der Waals surface area (Å²) in [6.07, 6.45) is 4.15. The van der Waals surface area contributed by atoms with E-state index in [-0.39, 0.29) is 5.91 Å². The van der Waals surface area contributed by atoms with Crippen molar-refractivity contribution in [2.45, 2.75) is 59.5 Å². The van der Waals surface area contributed by atoms with Gasteiger partial charge in [0.2, 0.25) is 0 Å². The molecule has 124 valence electrons. The van der Waals surface area contributed by atoms with Crippen molar-refractivity contribution >= 4 is 17.5 Å². The van der Waals surface area contributed by atoms with Gasteiger partial charge in [-0.05, 0) is 49.9 Å². The Kier molecular flexibility index (Phi) is 8.32. The second-order valence-electron chi connectivity index (χ2n) is 5.83. The predicted octanol–water partition coefficient (Wildman–Crippen LogP) is 4.75. The van der Waals surface area contributed by atoms with Gasteiger partial charge in [0.05, 0.1) is 0 Å². The molecule has 1 rings (SSSR count). The summed E-state index contributed by atoms with van der Waals surface area (Å²) in [6.45, 7) is 8.78. The van der Waals surface area contributed by atoms with E-state index in [0.29, 0.717) is 16.7 Å². The number of rotatable bonds is 9. The quantitative estimate of drug-likeness (QED) is 0.711. The first-order valence-electron chi connectivity index (χ1n) is 8.18. The average Bonchev–Trinajstić information content (AvgIpc) is 2.49. The Morgan fingerprint density at radius 1 is 1.36 bits per heavy atom. The second-order valence-corrected chi connectivity index (χ2v) is 6.27. The fraction of sp³-hybridized carbons (Fsp3) is 0.611. The van der Waals surface area contributed by atoms with Crippen molar-refractivity contribution in [2.75, 3.05) is 6.54 Å². The van der Waals surface area contributed by atoms with E-state index >= 15 is 0 Å². The van der Waals surface area contributed by atoms with Crippen LogP contribution in [0, 0.1) is 12.8 Å². The Labute approximate surface area is 139 Å². The van der Waals surface area contributed by atoms with Crippen molar-refractivity contribution in [3.63, 3.8) is 0 Å². The van der Waals surface area contributed by atoms with Crippen molar-refractivity contribution in [1.82, 2.24) is 5.32 Å². The van der Waals surface area contributed by atoms with Crippen LogP contribution in [-0.2, 0) is 4.79 Å². The zero-order valence-corrected chi connectivity index (χ0v) is 14.9. The van der Waals surface area contributed by atoms with E-state index in [1.165, 1.54) is 19.3 Å². The minimum absolute atomic E-state index is 0.0655. The molecule has 22 heavy (non-hydrogen) atoms. The van der Waals surface area contributed by atoms with E-state index < -0.39 is 6.10 Å². The van der Waals surface area contributed by atoms with Crippen LogP contribution in [0.3, 0.4) is 0 Å². The molecule has 1 N–H and O–H groups in total. The summed E-state index contributed by atoms with van der Waals surface area (Å²) in [5.74, 6) is 1.18. The first-order chi connectivity index (χ1) is 10.5. The predicted molar refractivity (Wildman–Crippen MR) is 92.6 cm³/mol. The normalized spacial score (nSPS) is 13.5. The summed E-state index contributed by atoms with van der Waals surface area (Å²) in [4.78, 5) is 12.2. The maximum atomic E-state index is 12.2. The van der Waals surface area contributed by atoms with Gasteiger partial charge in [0, 0.05) is 11.6 Å². The molecule has 1 amide bonds. The number of carbonyl (C=O) groups excluding carboxylic acids is 1. The molecule has 0 fully saturated rings. The zero-order chi connectivity index (χ0) is 16.5. The number of aryl methyl sites for hydroxylation is 1. The molecule has 0 unspecified atom stereocenters. The fourth-order valence-corrected chi connectivity index (χ4v) is 2.55. The lowest BCUT2D eigenvalue weighted by molar-refractivity contribution is -0.127. The molecule has 0 saturated heterocycles. The van der Waals surface area contributed by atoms with Crippen molar-refractivity contribution in [3.8, 4) is 5.75 Å². The lowest BCUT2D eigenvalue weighted by Crippen LogP contribution is -2.38. The smallest absolute Gasteiger partial charge is 0.260 e. The second kappa shape index (κ2) is 9.73.